The third-order valence-electron chi connectivity index (χ3n) is 3.70. The van der Waals surface area contributed by atoms with E-state index in [9.17, 15) is 27.5 Å². The number of amides is 2. The second-order valence-electron chi connectivity index (χ2n) is 6.02. The molecule has 0 aliphatic heterocycles. The number of nitrogens with zero attached hydrogens (tertiary/aromatic N) is 3. The Morgan fingerprint density at radius 2 is 2.04 bits per heavy atom. The molecule has 0 saturated carbocycles. The first kappa shape index (κ1) is 21.0. The summed E-state index contributed by atoms with van der Waals surface area (Å²) in [6.45, 7) is 1.12. The average Bonchev–Trinajstić information content (AvgIpc) is 2.98. The summed E-state index contributed by atoms with van der Waals surface area (Å²) in [6, 6.07) is 5.08. The normalized spacial score (nSPS) is 13.9. The molecule has 0 saturated heterocycles. The van der Waals surface area contributed by atoms with Crippen molar-refractivity contribution >= 4 is 22.5 Å². The molecule has 2 amide bonds. The Labute approximate surface area is 156 Å². The number of rotatable bonds is 6. The first-order chi connectivity index (χ1) is 12.5. The molecule has 0 fully saturated rings. The van der Waals surface area contributed by atoms with E-state index in [-0.39, 0.29) is 17.5 Å². The number of benzene rings is 1. The van der Waals surface area contributed by atoms with Gasteiger partial charge in [-0.05, 0) is 31.5 Å². The summed E-state index contributed by atoms with van der Waals surface area (Å²) in [5, 5.41) is 20.2. The highest BCUT2D eigenvalue weighted by molar-refractivity contribution is 7.15. The lowest BCUT2D eigenvalue weighted by molar-refractivity contribution is -0.255. The molecule has 2 rings (SSSR count). The van der Waals surface area contributed by atoms with E-state index in [0.29, 0.717) is 23.9 Å². The highest BCUT2D eigenvalue weighted by Gasteiger charge is 2.51. The molecule has 1 heterocycles. The summed E-state index contributed by atoms with van der Waals surface area (Å²) in [7, 11) is 0. The van der Waals surface area contributed by atoms with Crippen LogP contribution in [-0.4, -0.2) is 51.1 Å². The number of nitrogens with one attached hydrogen (secondary N) is 1. The average molecular weight is 406 g/mol. The van der Waals surface area contributed by atoms with Crippen LogP contribution >= 0.6 is 11.3 Å². The van der Waals surface area contributed by atoms with Crippen molar-refractivity contribution in [2.24, 2.45) is 0 Å². The molecule has 27 heavy (non-hydrogen) atoms. The van der Waals surface area contributed by atoms with E-state index in [1.54, 1.807) is 12.1 Å². The van der Waals surface area contributed by atoms with Crippen LogP contribution in [-0.2, 0) is 6.42 Å². The molecule has 2 N–H and O–H groups in total. The molecule has 0 radical (unpaired) electrons. The maximum absolute atomic E-state index is 13.2. The lowest BCUT2D eigenvalue weighted by atomic mass is 10.1. The SMILES string of the molecule is CCN(CC(C)(O)C(F)(F)F)C(=O)Nc1nnc(Cc2cccc(F)c2)s1. The standard InChI is InChI=1S/C16H18F4N4O2S/c1-3-24(9-15(2,26)16(18,19)20)14(25)21-13-23-22-12(27-13)8-10-5-4-6-11(17)7-10/h4-7,26H,3,8-9H2,1-2H3,(H,21,23,25). The highest BCUT2D eigenvalue weighted by Crippen LogP contribution is 2.31. The van der Waals surface area contributed by atoms with Crippen LogP contribution in [0.15, 0.2) is 24.3 Å². The van der Waals surface area contributed by atoms with Gasteiger partial charge >= 0.3 is 12.2 Å². The molecule has 2 aromatic rings. The predicted molar refractivity (Wildman–Crippen MR) is 92.1 cm³/mol. The van der Waals surface area contributed by atoms with Gasteiger partial charge in [0.2, 0.25) is 5.13 Å². The second kappa shape index (κ2) is 8.17. The molecule has 1 aromatic carbocycles. The zero-order chi connectivity index (χ0) is 20.2. The molecular formula is C16H18F4N4O2S. The van der Waals surface area contributed by atoms with Gasteiger partial charge in [0.05, 0.1) is 6.54 Å². The van der Waals surface area contributed by atoms with E-state index in [4.69, 9.17) is 0 Å². The zero-order valence-electron chi connectivity index (χ0n) is 14.5. The summed E-state index contributed by atoms with van der Waals surface area (Å²) in [4.78, 5) is 13.0. The number of aliphatic hydroxyl groups is 1. The first-order valence-corrected chi connectivity index (χ1v) is 8.75. The van der Waals surface area contributed by atoms with Crippen molar-refractivity contribution in [1.29, 1.82) is 0 Å². The van der Waals surface area contributed by atoms with Gasteiger partial charge in [0, 0.05) is 13.0 Å². The van der Waals surface area contributed by atoms with Crippen molar-refractivity contribution in [3.63, 3.8) is 0 Å². The fraction of sp³-hybridized carbons (Fsp3) is 0.438. The number of hydrogen-bond acceptors (Lipinski definition) is 5. The molecule has 148 valence electrons. The predicted octanol–water partition coefficient (Wildman–Crippen LogP) is 3.44. The van der Waals surface area contributed by atoms with Gasteiger partial charge in [0.1, 0.15) is 10.8 Å². The smallest absolute Gasteiger partial charge is 0.379 e. The Kier molecular flexibility index (Phi) is 6.37. The van der Waals surface area contributed by atoms with Gasteiger partial charge < -0.3 is 10.0 Å². The van der Waals surface area contributed by atoms with Gasteiger partial charge in [-0.15, -0.1) is 10.2 Å². The Morgan fingerprint density at radius 3 is 2.63 bits per heavy atom. The third kappa shape index (κ3) is 5.60. The van der Waals surface area contributed by atoms with E-state index in [2.05, 4.69) is 15.5 Å². The van der Waals surface area contributed by atoms with Crippen molar-refractivity contribution in [3.8, 4) is 0 Å². The summed E-state index contributed by atoms with van der Waals surface area (Å²) < 4.78 is 51.6. The van der Waals surface area contributed by atoms with Crippen LogP contribution in [0.25, 0.3) is 0 Å². The number of aromatic nitrogens is 2. The van der Waals surface area contributed by atoms with Crippen molar-refractivity contribution < 1.29 is 27.5 Å². The van der Waals surface area contributed by atoms with Crippen LogP contribution in [0.1, 0.15) is 24.4 Å². The van der Waals surface area contributed by atoms with Crippen molar-refractivity contribution in [2.45, 2.75) is 32.0 Å². The number of urea groups is 1. The zero-order valence-corrected chi connectivity index (χ0v) is 15.4. The lowest BCUT2D eigenvalue weighted by Crippen LogP contribution is -2.53. The Hall–Kier alpha value is -2.27. The number of halogens is 4. The molecule has 6 nitrogen and oxygen atoms in total. The number of likely N-dealkylation sites (N-methyl/N-ethyl adjacent to an activating group) is 1. The molecule has 0 aliphatic carbocycles. The third-order valence-corrected chi connectivity index (χ3v) is 4.54. The van der Waals surface area contributed by atoms with Gasteiger partial charge in [0.25, 0.3) is 0 Å². The van der Waals surface area contributed by atoms with E-state index in [1.165, 1.54) is 19.1 Å². The lowest BCUT2D eigenvalue weighted by Gasteiger charge is -2.32. The van der Waals surface area contributed by atoms with Gasteiger partial charge in [0.15, 0.2) is 5.60 Å². The highest BCUT2D eigenvalue weighted by atomic mass is 32.1. The van der Waals surface area contributed by atoms with Crippen molar-refractivity contribution in [2.75, 3.05) is 18.4 Å². The van der Waals surface area contributed by atoms with Crippen LogP contribution in [0.4, 0.5) is 27.5 Å². The van der Waals surface area contributed by atoms with E-state index < -0.39 is 24.4 Å². The molecule has 11 heteroatoms. The minimum absolute atomic E-state index is 0.0486. The van der Waals surface area contributed by atoms with Crippen LogP contribution in [0.5, 0.6) is 0 Å². The number of hydrogen-bond donors (Lipinski definition) is 2. The largest absolute Gasteiger partial charge is 0.418 e. The molecule has 0 bridgehead atoms. The fourth-order valence-corrected chi connectivity index (χ4v) is 2.92. The Balaban J connectivity index is 2.01. The van der Waals surface area contributed by atoms with Crippen LogP contribution in [0.3, 0.4) is 0 Å². The summed E-state index contributed by atoms with van der Waals surface area (Å²) >= 11 is 1.03. The van der Waals surface area contributed by atoms with E-state index >= 15 is 0 Å². The van der Waals surface area contributed by atoms with Crippen LogP contribution < -0.4 is 5.32 Å². The number of carbonyl (C=O) groups excluding carboxylic acids is 1. The van der Waals surface area contributed by atoms with Crippen molar-refractivity contribution in [3.05, 3.63) is 40.7 Å². The number of alkyl halides is 3. The molecular weight excluding hydrogens is 388 g/mol. The fourth-order valence-electron chi connectivity index (χ4n) is 2.16. The Morgan fingerprint density at radius 1 is 1.33 bits per heavy atom. The topological polar surface area (TPSA) is 78.4 Å². The van der Waals surface area contributed by atoms with Gasteiger partial charge in [-0.25, -0.2) is 9.18 Å². The first-order valence-electron chi connectivity index (χ1n) is 7.93. The maximum atomic E-state index is 13.2. The molecule has 1 aromatic heterocycles. The summed E-state index contributed by atoms with van der Waals surface area (Å²) in [6.07, 6.45) is -4.58. The van der Waals surface area contributed by atoms with Gasteiger partial charge in [-0.3, -0.25) is 5.32 Å². The molecule has 0 spiro atoms. The van der Waals surface area contributed by atoms with Crippen LogP contribution in [0, 0.1) is 5.82 Å². The maximum Gasteiger partial charge on any atom is 0.418 e. The summed E-state index contributed by atoms with van der Waals surface area (Å²) in [5.74, 6) is -0.388. The Bertz CT molecular complexity index is 795. The molecule has 0 aliphatic rings. The number of anilines is 1. The second-order valence-corrected chi connectivity index (χ2v) is 7.09. The van der Waals surface area contributed by atoms with Crippen molar-refractivity contribution in [1.82, 2.24) is 15.1 Å². The monoisotopic (exact) mass is 406 g/mol. The quantitative estimate of drug-likeness (QED) is 0.721. The molecule has 1 atom stereocenters. The van der Waals surface area contributed by atoms with Crippen LogP contribution in [0.2, 0.25) is 0 Å². The van der Waals surface area contributed by atoms with E-state index in [0.717, 1.165) is 16.2 Å². The number of carbonyl (C=O) groups is 1. The minimum Gasteiger partial charge on any atom is -0.379 e. The minimum atomic E-state index is -4.87. The van der Waals surface area contributed by atoms with Gasteiger partial charge in [-0.2, -0.15) is 13.2 Å². The van der Waals surface area contributed by atoms with Gasteiger partial charge in [-0.1, -0.05) is 23.5 Å². The molecule has 1 unspecified atom stereocenters. The van der Waals surface area contributed by atoms with E-state index in [1.807, 2.05) is 0 Å². The summed E-state index contributed by atoms with van der Waals surface area (Å²) in [5.41, 5.74) is -2.37.